The maximum atomic E-state index is 5.90. The van der Waals surface area contributed by atoms with Crippen molar-refractivity contribution in [2.24, 2.45) is 0 Å². The standard InChI is InChI=1S/C28H29BrN4S/c1-17-14-20(10-11-22(17)29)33-26(25(31-27(33)34)23-8-6-7-13-30-23)19-9-12-24-21(15-19)18(2)16-28(3,4)32(24)5/h6-16,25-26H,1-5H3,(H,31,34)/t25-,26-/m0/s1. The lowest BCUT2D eigenvalue weighted by Gasteiger charge is -2.41. The largest absolute Gasteiger partial charge is 0.366 e. The Morgan fingerprint density at radius 2 is 1.85 bits per heavy atom. The molecule has 4 nitrogen and oxygen atoms in total. The summed E-state index contributed by atoms with van der Waals surface area (Å²) in [6.07, 6.45) is 4.20. The van der Waals surface area contributed by atoms with Crippen molar-refractivity contribution in [2.45, 2.75) is 45.3 Å². The van der Waals surface area contributed by atoms with E-state index in [9.17, 15) is 0 Å². The molecule has 174 valence electrons. The number of fused-ring (bicyclic) bond motifs is 1. The van der Waals surface area contributed by atoms with Gasteiger partial charge < -0.3 is 15.1 Å². The van der Waals surface area contributed by atoms with Crippen LogP contribution in [0.25, 0.3) is 5.57 Å². The van der Waals surface area contributed by atoms with Crippen LogP contribution in [-0.4, -0.2) is 22.7 Å². The van der Waals surface area contributed by atoms with Crippen molar-refractivity contribution in [3.05, 3.63) is 93.7 Å². The molecule has 0 spiro atoms. The second kappa shape index (κ2) is 8.51. The van der Waals surface area contributed by atoms with Gasteiger partial charge in [0.05, 0.1) is 23.3 Å². The molecule has 6 heteroatoms. The summed E-state index contributed by atoms with van der Waals surface area (Å²) in [6, 6.07) is 19.2. The Kier molecular flexibility index (Phi) is 5.77. The molecule has 3 aromatic rings. The van der Waals surface area contributed by atoms with Gasteiger partial charge in [-0.1, -0.05) is 34.1 Å². The van der Waals surface area contributed by atoms with Crippen LogP contribution in [0, 0.1) is 6.92 Å². The van der Waals surface area contributed by atoms with Crippen molar-refractivity contribution in [3.8, 4) is 0 Å². The van der Waals surface area contributed by atoms with Crippen molar-refractivity contribution < 1.29 is 0 Å². The minimum Gasteiger partial charge on any atom is -0.366 e. The number of thiocarbonyl (C=S) groups is 1. The lowest BCUT2D eigenvalue weighted by molar-refractivity contribution is 0.566. The zero-order valence-electron chi connectivity index (χ0n) is 20.1. The Balaban J connectivity index is 1.67. The molecule has 1 aromatic heterocycles. The SMILES string of the molecule is CC1=CC(C)(C)N(C)c2ccc([C@H]3[C@H](c4ccccn4)NC(=S)N3c3ccc(Br)c(C)c3)cc21. The normalized spacial score (nSPS) is 21.2. The van der Waals surface area contributed by atoms with Crippen LogP contribution in [-0.2, 0) is 0 Å². The van der Waals surface area contributed by atoms with E-state index in [2.05, 4.69) is 119 Å². The summed E-state index contributed by atoms with van der Waals surface area (Å²) >= 11 is 9.54. The maximum Gasteiger partial charge on any atom is 0.174 e. The van der Waals surface area contributed by atoms with E-state index in [1.165, 1.54) is 28.0 Å². The van der Waals surface area contributed by atoms with E-state index in [1.54, 1.807) is 0 Å². The zero-order chi connectivity index (χ0) is 24.2. The van der Waals surface area contributed by atoms with Gasteiger partial charge in [0.1, 0.15) is 0 Å². The molecule has 2 atom stereocenters. The Morgan fingerprint density at radius 3 is 2.56 bits per heavy atom. The highest BCUT2D eigenvalue weighted by Crippen LogP contribution is 2.45. The second-order valence-corrected chi connectivity index (χ2v) is 11.0. The molecule has 2 aliphatic heterocycles. The van der Waals surface area contributed by atoms with Crippen molar-refractivity contribution in [1.82, 2.24) is 10.3 Å². The van der Waals surface area contributed by atoms with Gasteiger partial charge >= 0.3 is 0 Å². The summed E-state index contributed by atoms with van der Waals surface area (Å²) in [5, 5.41) is 4.29. The number of aromatic nitrogens is 1. The third kappa shape index (κ3) is 3.83. The van der Waals surface area contributed by atoms with Crippen LogP contribution in [0.2, 0.25) is 0 Å². The van der Waals surface area contributed by atoms with Crippen molar-refractivity contribution >= 4 is 50.2 Å². The van der Waals surface area contributed by atoms with Crippen molar-refractivity contribution in [3.63, 3.8) is 0 Å². The Morgan fingerprint density at radius 1 is 1.06 bits per heavy atom. The Labute approximate surface area is 215 Å². The average Bonchev–Trinajstić information content (AvgIpc) is 3.16. The molecule has 0 radical (unpaired) electrons. The lowest BCUT2D eigenvalue weighted by atomic mass is 9.86. The fraction of sp³-hybridized carbons (Fsp3) is 0.286. The Hall–Kier alpha value is -2.70. The molecule has 0 bridgehead atoms. The van der Waals surface area contributed by atoms with Gasteiger partial charge in [-0.05, 0) is 99.1 Å². The van der Waals surface area contributed by atoms with Gasteiger partial charge in [0.25, 0.3) is 0 Å². The van der Waals surface area contributed by atoms with E-state index in [-0.39, 0.29) is 17.6 Å². The number of nitrogens with zero attached hydrogens (tertiary/aromatic N) is 3. The topological polar surface area (TPSA) is 31.4 Å². The van der Waals surface area contributed by atoms with Crippen molar-refractivity contribution in [2.75, 3.05) is 16.8 Å². The number of benzene rings is 2. The number of pyridine rings is 1. The number of allylic oxidation sites excluding steroid dienone is 1. The van der Waals surface area contributed by atoms with Gasteiger partial charge in [0.2, 0.25) is 0 Å². The van der Waals surface area contributed by atoms with E-state index >= 15 is 0 Å². The minimum atomic E-state index is -0.0576. The van der Waals surface area contributed by atoms with Gasteiger partial charge in [-0.15, -0.1) is 0 Å². The molecule has 2 aromatic carbocycles. The summed E-state index contributed by atoms with van der Waals surface area (Å²) < 4.78 is 1.09. The number of hydrogen-bond acceptors (Lipinski definition) is 3. The van der Waals surface area contributed by atoms with Gasteiger partial charge in [0.15, 0.2) is 5.11 Å². The number of anilines is 2. The molecule has 0 amide bonds. The number of likely N-dealkylation sites (N-methyl/N-ethyl adjacent to an activating group) is 1. The number of halogens is 1. The first-order valence-corrected chi connectivity index (χ1v) is 12.7. The number of nitrogens with one attached hydrogen (secondary N) is 1. The molecule has 5 rings (SSSR count). The van der Waals surface area contributed by atoms with Crippen LogP contribution >= 0.6 is 28.1 Å². The third-order valence-electron chi connectivity index (χ3n) is 7.10. The fourth-order valence-electron chi connectivity index (χ4n) is 5.11. The smallest absolute Gasteiger partial charge is 0.174 e. The highest BCUT2D eigenvalue weighted by atomic mass is 79.9. The summed E-state index contributed by atoms with van der Waals surface area (Å²) in [5.74, 6) is 0. The van der Waals surface area contributed by atoms with Crippen LogP contribution in [0.5, 0.6) is 0 Å². The summed E-state index contributed by atoms with van der Waals surface area (Å²) in [5.41, 5.74) is 8.24. The van der Waals surface area contributed by atoms with E-state index in [4.69, 9.17) is 12.2 Å². The molecule has 34 heavy (non-hydrogen) atoms. The zero-order valence-corrected chi connectivity index (χ0v) is 22.5. The summed E-state index contributed by atoms with van der Waals surface area (Å²) in [6.45, 7) is 8.82. The molecule has 1 fully saturated rings. The quantitative estimate of drug-likeness (QED) is 0.368. The minimum absolute atomic E-state index is 0.0213. The molecule has 0 unspecified atom stereocenters. The fourth-order valence-corrected chi connectivity index (χ4v) is 5.70. The molecule has 0 saturated carbocycles. The number of hydrogen-bond donors (Lipinski definition) is 1. The van der Waals surface area contributed by atoms with Crippen LogP contribution in [0.4, 0.5) is 11.4 Å². The summed E-state index contributed by atoms with van der Waals surface area (Å²) in [4.78, 5) is 9.28. The van der Waals surface area contributed by atoms with Crippen LogP contribution in [0.15, 0.2) is 71.3 Å². The van der Waals surface area contributed by atoms with E-state index in [0.29, 0.717) is 5.11 Å². The van der Waals surface area contributed by atoms with Gasteiger partial charge in [-0.3, -0.25) is 4.98 Å². The van der Waals surface area contributed by atoms with Crippen LogP contribution in [0.3, 0.4) is 0 Å². The third-order valence-corrected chi connectivity index (χ3v) is 8.30. The molecular formula is C28H29BrN4S. The highest BCUT2D eigenvalue weighted by Gasteiger charge is 2.41. The van der Waals surface area contributed by atoms with E-state index in [0.717, 1.165) is 15.9 Å². The first-order chi connectivity index (χ1) is 16.2. The predicted molar refractivity (Wildman–Crippen MR) is 149 cm³/mol. The average molecular weight is 534 g/mol. The second-order valence-electron chi connectivity index (χ2n) is 9.75. The molecule has 0 aliphatic carbocycles. The number of rotatable bonds is 3. The van der Waals surface area contributed by atoms with Crippen LogP contribution in [0.1, 0.15) is 55.2 Å². The maximum absolute atomic E-state index is 5.90. The molecule has 2 aliphatic rings. The first kappa shape index (κ1) is 23.1. The Bertz CT molecular complexity index is 1300. The van der Waals surface area contributed by atoms with E-state index < -0.39 is 0 Å². The first-order valence-electron chi connectivity index (χ1n) is 11.5. The van der Waals surface area contributed by atoms with Crippen LogP contribution < -0.4 is 15.1 Å². The predicted octanol–water partition coefficient (Wildman–Crippen LogP) is 6.96. The van der Waals surface area contributed by atoms with E-state index in [1.807, 2.05) is 18.3 Å². The van der Waals surface area contributed by atoms with Gasteiger partial charge in [-0.25, -0.2) is 0 Å². The number of aryl methyl sites for hydroxylation is 1. The monoisotopic (exact) mass is 532 g/mol. The molecule has 1 N–H and O–H groups in total. The lowest BCUT2D eigenvalue weighted by Crippen LogP contribution is -2.42. The summed E-state index contributed by atoms with van der Waals surface area (Å²) in [7, 11) is 2.17. The molecule has 3 heterocycles. The highest BCUT2D eigenvalue weighted by molar-refractivity contribution is 9.10. The van der Waals surface area contributed by atoms with Gasteiger partial charge in [-0.2, -0.15) is 0 Å². The molecule has 1 saturated heterocycles. The molecular weight excluding hydrogens is 504 g/mol. The van der Waals surface area contributed by atoms with Crippen molar-refractivity contribution in [1.29, 1.82) is 0 Å². The van der Waals surface area contributed by atoms with Gasteiger partial charge in [0, 0.05) is 34.7 Å².